The highest BCUT2D eigenvalue weighted by atomic mass is 16.6. The molecule has 0 atom stereocenters. The van der Waals surface area contributed by atoms with Gasteiger partial charge in [-0.05, 0) is 43.5 Å². The molecule has 0 unspecified atom stereocenters. The van der Waals surface area contributed by atoms with E-state index >= 15 is 0 Å². The summed E-state index contributed by atoms with van der Waals surface area (Å²) in [5, 5.41) is 16.2. The Kier molecular flexibility index (Phi) is 3.84. The van der Waals surface area contributed by atoms with E-state index in [9.17, 15) is 14.9 Å². The number of pyridine rings is 1. The van der Waals surface area contributed by atoms with Crippen LogP contribution in [0.25, 0.3) is 16.9 Å². The Morgan fingerprint density at radius 3 is 2.81 bits per heavy atom. The summed E-state index contributed by atoms with van der Waals surface area (Å²) >= 11 is 0. The fourth-order valence-corrected chi connectivity index (χ4v) is 3.38. The van der Waals surface area contributed by atoms with Gasteiger partial charge in [0.2, 0.25) is 0 Å². The first kappa shape index (κ1) is 16.1. The summed E-state index contributed by atoms with van der Waals surface area (Å²) in [6.07, 6.45) is 5.13. The van der Waals surface area contributed by atoms with Gasteiger partial charge >= 0.3 is 0 Å². The molecule has 4 rings (SSSR count). The Labute approximate surface area is 149 Å². The zero-order chi connectivity index (χ0) is 18.3. The molecule has 7 nitrogen and oxygen atoms in total. The van der Waals surface area contributed by atoms with Crippen molar-refractivity contribution in [2.75, 3.05) is 0 Å². The van der Waals surface area contributed by atoms with Gasteiger partial charge in [0.05, 0.1) is 16.2 Å². The highest BCUT2D eigenvalue weighted by Gasteiger charge is 2.30. The molecule has 2 aromatic heterocycles. The number of aryl methyl sites for hydroxylation is 1. The SMILES string of the molecule is Cc1ccc(-n2nc(-c3cccnc3)c3c2CCCC3=O)c([N+](=O)[O-])c1. The van der Waals surface area contributed by atoms with Crippen molar-refractivity contribution in [2.45, 2.75) is 26.2 Å². The van der Waals surface area contributed by atoms with Crippen molar-refractivity contribution in [3.8, 4) is 16.9 Å². The summed E-state index contributed by atoms with van der Waals surface area (Å²) in [6.45, 7) is 1.81. The van der Waals surface area contributed by atoms with E-state index in [-0.39, 0.29) is 11.5 Å². The third-order valence-corrected chi connectivity index (χ3v) is 4.57. The highest BCUT2D eigenvalue weighted by Crippen LogP contribution is 2.34. The number of aromatic nitrogens is 3. The molecule has 26 heavy (non-hydrogen) atoms. The van der Waals surface area contributed by atoms with Crippen LogP contribution < -0.4 is 0 Å². The number of rotatable bonds is 3. The van der Waals surface area contributed by atoms with E-state index in [4.69, 9.17) is 0 Å². The second-order valence-electron chi connectivity index (χ2n) is 6.35. The number of carbonyl (C=O) groups excluding carboxylic acids is 1. The average molecular weight is 348 g/mol. The van der Waals surface area contributed by atoms with Crippen LogP contribution in [0.4, 0.5) is 5.69 Å². The smallest absolute Gasteiger partial charge is 0.294 e. The van der Waals surface area contributed by atoms with E-state index in [0.29, 0.717) is 36.2 Å². The monoisotopic (exact) mass is 348 g/mol. The molecule has 2 heterocycles. The largest absolute Gasteiger partial charge is 0.295 e. The van der Waals surface area contributed by atoms with Crippen molar-refractivity contribution >= 4 is 11.5 Å². The van der Waals surface area contributed by atoms with Gasteiger partial charge in [0.1, 0.15) is 11.4 Å². The molecule has 0 radical (unpaired) electrons. The van der Waals surface area contributed by atoms with E-state index in [1.165, 1.54) is 6.07 Å². The Balaban J connectivity index is 2.00. The molecular formula is C19H16N4O3. The van der Waals surface area contributed by atoms with Gasteiger partial charge in [-0.25, -0.2) is 4.68 Å². The minimum absolute atomic E-state index is 0.0196. The summed E-state index contributed by atoms with van der Waals surface area (Å²) in [5.74, 6) is 0.0196. The van der Waals surface area contributed by atoms with Crippen LogP contribution in [0.15, 0.2) is 42.7 Å². The molecule has 0 aliphatic heterocycles. The normalized spacial score (nSPS) is 13.5. The maximum Gasteiger partial charge on any atom is 0.295 e. The zero-order valence-electron chi connectivity index (χ0n) is 14.2. The number of nitrogens with zero attached hydrogens (tertiary/aromatic N) is 4. The number of nitro groups is 1. The van der Waals surface area contributed by atoms with E-state index in [2.05, 4.69) is 10.1 Å². The van der Waals surface area contributed by atoms with Gasteiger partial charge in [0, 0.05) is 30.4 Å². The lowest BCUT2D eigenvalue weighted by molar-refractivity contribution is -0.384. The van der Waals surface area contributed by atoms with Crippen LogP contribution in [-0.4, -0.2) is 25.5 Å². The lowest BCUT2D eigenvalue weighted by Gasteiger charge is -2.13. The fraction of sp³-hybridized carbons (Fsp3) is 0.211. The molecule has 1 aromatic carbocycles. The summed E-state index contributed by atoms with van der Waals surface area (Å²) in [5.41, 5.74) is 3.70. The number of fused-ring (bicyclic) bond motifs is 1. The maximum absolute atomic E-state index is 12.6. The van der Waals surface area contributed by atoms with E-state index < -0.39 is 4.92 Å². The quantitative estimate of drug-likeness (QED) is 0.532. The van der Waals surface area contributed by atoms with Crippen molar-refractivity contribution in [3.05, 3.63) is 69.7 Å². The topological polar surface area (TPSA) is 90.9 Å². The van der Waals surface area contributed by atoms with E-state index in [1.807, 2.05) is 12.1 Å². The van der Waals surface area contributed by atoms with Crippen LogP contribution in [0.5, 0.6) is 0 Å². The summed E-state index contributed by atoms with van der Waals surface area (Å²) in [6, 6.07) is 8.64. The molecule has 1 aliphatic rings. The average Bonchev–Trinajstić information content (AvgIpc) is 3.03. The van der Waals surface area contributed by atoms with Crippen LogP contribution >= 0.6 is 0 Å². The first-order valence-electron chi connectivity index (χ1n) is 8.37. The van der Waals surface area contributed by atoms with Crippen molar-refractivity contribution in [3.63, 3.8) is 0 Å². The second kappa shape index (κ2) is 6.18. The van der Waals surface area contributed by atoms with Crippen LogP contribution in [0.3, 0.4) is 0 Å². The number of ketones is 1. The third kappa shape index (κ3) is 2.57. The number of Topliss-reactive ketones (excluding diaryl/α,β-unsaturated/α-hetero) is 1. The maximum atomic E-state index is 12.6. The Morgan fingerprint density at radius 1 is 1.23 bits per heavy atom. The zero-order valence-corrected chi connectivity index (χ0v) is 14.2. The van der Waals surface area contributed by atoms with Crippen LogP contribution in [0.2, 0.25) is 0 Å². The number of carbonyl (C=O) groups is 1. The van der Waals surface area contributed by atoms with Crippen molar-refractivity contribution < 1.29 is 9.72 Å². The van der Waals surface area contributed by atoms with Gasteiger partial charge < -0.3 is 0 Å². The molecular weight excluding hydrogens is 332 g/mol. The van der Waals surface area contributed by atoms with Crippen LogP contribution in [-0.2, 0) is 6.42 Å². The van der Waals surface area contributed by atoms with Gasteiger partial charge in [-0.2, -0.15) is 5.10 Å². The molecule has 0 saturated carbocycles. The van der Waals surface area contributed by atoms with Gasteiger partial charge in [-0.1, -0.05) is 6.07 Å². The lowest BCUT2D eigenvalue weighted by Crippen LogP contribution is -2.14. The summed E-state index contributed by atoms with van der Waals surface area (Å²) in [7, 11) is 0. The lowest BCUT2D eigenvalue weighted by atomic mass is 9.92. The molecule has 0 spiro atoms. The molecule has 0 bridgehead atoms. The van der Waals surface area contributed by atoms with E-state index in [0.717, 1.165) is 16.8 Å². The Bertz CT molecular complexity index is 1020. The van der Waals surface area contributed by atoms with Crippen LogP contribution in [0, 0.1) is 17.0 Å². The molecule has 0 N–H and O–H groups in total. The Hall–Kier alpha value is -3.35. The van der Waals surface area contributed by atoms with Crippen LogP contribution in [0.1, 0.15) is 34.5 Å². The van der Waals surface area contributed by atoms with Gasteiger partial charge in [-0.15, -0.1) is 0 Å². The first-order valence-corrected chi connectivity index (χ1v) is 8.37. The summed E-state index contributed by atoms with van der Waals surface area (Å²) in [4.78, 5) is 27.8. The molecule has 1 aliphatic carbocycles. The van der Waals surface area contributed by atoms with E-state index in [1.54, 1.807) is 36.1 Å². The van der Waals surface area contributed by atoms with Gasteiger partial charge in [-0.3, -0.25) is 19.9 Å². The second-order valence-corrected chi connectivity index (χ2v) is 6.35. The first-order chi connectivity index (χ1) is 12.6. The molecule has 0 saturated heterocycles. The molecule has 0 fully saturated rings. The minimum atomic E-state index is -0.412. The Morgan fingerprint density at radius 2 is 2.08 bits per heavy atom. The number of nitro benzene ring substituents is 1. The predicted octanol–water partition coefficient (Wildman–Crippen LogP) is 3.67. The van der Waals surface area contributed by atoms with Crippen molar-refractivity contribution in [1.29, 1.82) is 0 Å². The van der Waals surface area contributed by atoms with Gasteiger partial charge in [0.25, 0.3) is 5.69 Å². The molecule has 3 aromatic rings. The van der Waals surface area contributed by atoms with Crippen molar-refractivity contribution in [2.24, 2.45) is 0 Å². The third-order valence-electron chi connectivity index (χ3n) is 4.57. The summed E-state index contributed by atoms with van der Waals surface area (Å²) < 4.78 is 1.56. The standard InChI is InChI=1S/C19H16N4O3/c1-12-7-8-14(16(10-12)23(25)26)22-15-5-2-6-17(24)18(15)19(21-22)13-4-3-9-20-11-13/h3-4,7-11H,2,5-6H2,1H3. The van der Waals surface area contributed by atoms with Gasteiger partial charge in [0.15, 0.2) is 5.78 Å². The molecule has 130 valence electrons. The fourth-order valence-electron chi connectivity index (χ4n) is 3.38. The predicted molar refractivity (Wildman–Crippen MR) is 95.5 cm³/mol. The minimum Gasteiger partial charge on any atom is -0.294 e. The highest BCUT2D eigenvalue weighted by molar-refractivity contribution is 6.03. The number of benzene rings is 1. The molecule has 0 amide bonds. The molecule has 7 heteroatoms. The number of hydrogen-bond donors (Lipinski definition) is 0. The van der Waals surface area contributed by atoms with Crippen molar-refractivity contribution in [1.82, 2.24) is 14.8 Å². The number of hydrogen-bond acceptors (Lipinski definition) is 5.